The predicted molar refractivity (Wildman–Crippen MR) is 83.5 cm³/mol. The molecule has 2 nitrogen and oxygen atoms in total. The highest BCUT2D eigenvalue weighted by molar-refractivity contribution is 5.86. The number of rotatable bonds is 5. The van der Waals surface area contributed by atoms with Gasteiger partial charge in [0.05, 0.1) is 0 Å². The number of para-hydroxylation sites is 1. The summed E-state index contributed by atoms with van der Waals surface area (Å²) in [5, 5.41) is 1.42. The molecule has 0 radical (unpaired) electrons. The van der Waals surface area contributed by atoms with Crippen molar-refractivity contribution in [3.8, 4) is 0 Å². The van der Waals surface area contributed by atoms with Gasteiger partial charge in [-0.05, 0) is 49.8 Å². The number of nitrogens with zero attached hydrogens (tertiary/aromatic N) is 1. The average Bonchev–Trinajstić information content (AvgIpc) is 2.64. The maximum atomic E-state index is 5.71. The van der Waals surface area contributed by atoms with E-state index in [9.17, 15) is 0 Å². The Hall–Kier alpha value is -1.28. The molecule has 0 saturated heterocycles. The molecule has 0 saturated carbocycles. The highest BCUT2D eigenvalue weighted by atomic mass is 14.9. The standard InChI is InChI=1S/C17H26N2/c1-12(2)14(9-7-11-18)17-13(3)19(4)16-10-6-5-8-15(16)17/h5-6,8,10,12,14H,7,9,11,18H2,1-4H3. The van der Waals surface area contributed by atoms with Crippen LogP contribution in [0.1, 0.15) is 43.9 Å². The summed E-state index contributed by atoms with van der Waals surface area (Å²) in [4.78, 5) is 0. The largest absolute Gasteiger partial charge is 0.348 e. The number of aryl methyl sites for hydroxylation is 1. The van der Waals surface area contributed by atoms with Crippen molar-refractivity contribution < 1.29 is 0 Å². The van der Waals surface area contributed by atoms with E-state index in [1.54, 1.807) is 0 Å². The molecule has 104 valence electrons. The van der Waals surface area contributed by atoms with Crippen LogP contribution in [0.15, 0.2) is 24.3 Å². The molecule has 2 rings (SSSR count). The van der Waals surface area contributed by atoms with Gasteiger partial charge in [0, 0.05) is 23.6 Å². The smallest absolute Gasteiger partial charge is 0.0482 e. The zero-order valence-corrected chi connectivity index (χ0v) is 12.6. The molecule has 0 aliphatic heterocycles. The van der Waals surface area contributed by atoms with E-state index in [1.165, 1.54) is 28.6 Å². The predicted octanol–water partition coefficient (Wildman–Crippen LogP) is 3.97. The molecule has 0 aliphatic carbocycles. The minimum absolute atomic E-state index is 0.606. The van der Waals surface area contributed by atoms with E-state index in [1.807, 2.05) is 0 Å². The number of hydrogen-bond acceptors (Lipinski definition) is 1. The van der Waals surface area contributed by atoms with E-state index < -0.39 is 0 Å². The van der Waals surface area contributed by atoms with E-state index in [0.717, 1.165) is 13.0 Å². The maximum absolute atomic E-state index is 5.71. The van der Waals surface area contributed by atoms with Gasteiger partial charge >= 0.3 is 0 Å². The Morgan fingerprint density at radius 3 is 2.53 bits per heavy atom. The first kappa shape index (κ1) is 14.1. The second-order valence-electron chi connectivity index (χ2n) is 5.86. The Balaban J connectivity index is 2.55. The van der Waals surface area contributed by atoms with Crippen LogP contribution in [0.5, 0.6) is 0 Å². The zero-order chi connectivity index (χ0) is 14.0. The van der Waals surface area contributed by atoms with Gasteiger partial charge in [-0.3, -0.25) is 0 Å². The molecule has 0 fully saturated rings. The lowest BCUT2D eigenvalue weighted by Crippen LogP contribution is -2.11. The molecule has 2 aromatic rings. The summed E-state index contributed by atoms with van der Waals surface area (Å²) >= 11 is 0. The Bertz CT molecular complexity index is 552. The van der Waals surface area contributed by atoms with Crippen LogP contribution in [-0.4, -0.2) is 11.1 Å². The molecule has 0 amide bonds. The molecule has 1 aromatic carbocycles. The van der Waals surface area contributed by atoms with Crippen molar-refractivity contribution in [2.75, 3.05) is 6.54 Å². The van der Waals surface area contributed by atoms with Crippen LogP contribution in [0.25, 0.3) is 10.9 Å². The summed E-state index contributed by atoms with van der Waals surface area (Å²) in [5.74, 6) is 1.26. The molecule has 2 heteroatoms. The molecule has 19 heavy (non-hydrogen) atoms. The van der Waals surface area contributed by atoms with E-state index in [-0.39, 0.29) is 0 Å². The summed E-state index contributed by atoms with van der Waals surface area (Å²) in [6, 6.07) is 8.74. The van der Waals surface area contributed by atoms with Crippen LogP contribution >= 0.6 is 0 Å². The molecule has 1 aromatic heterocycles. The van der Waals surface area contributed by atoms with Crippen molar-refractivity contribution in [2.24, 2.45) is 18.7 Å². The van der Waals surface area contributed by atoms with Crippen LogP contribution in [0.4, 0.5) is 0 Å². The van der Waals surface area contributed by atoms with Gasteiger partial charge in [0.15, 0.2) is 0 Å². The van der Waals surface area contributed by atoms with Crippen LogP contribution in [-0.2, 0) is 7.05 Å². The third-order valence-electron chi connectivity index (χ3n) is 4.34. The van der Waals surface area contributed by atoms with Gasteiger partial charge in [-0.15, -0.1) is 0 Å². The topological polar surface area (TPSA) is 30.9 Å². The summed E-state index contributed by atoms with van der Waals surface area (Å²) in [6.45, 7) is 7.67. The second-order valence-corrected chi connectivity index (χ2v) is 5.86. The molecular weight excluding hydrogens is 232 g/mol. The number of aromatic nitrogens is 1. The minimum Gasteiger partial charge on any atom is -0.348 e. The van der Waals surface area contributed by atoms with Gasteiger partial charge in [0.25, 0.3) is 0 Å². The molecule has 0 spiro atoms. The number of hydrogen-bond donors (Lipinski definition) is 1. The quantitative estimate of drug-likeness (QED) is 0.864. The Labute approximate surface area is 116 Å². The highest BCUT2D eigenvalue weighted by Crippen LogP contribution is 2.37. The number of benzene rings is 1. The van der Waals surface area contributed by atoms with Crippen molar-refractivity contribution in [2.45, 2.75) is 39.5 Å². The number of fused-ring (bicyclic) bond motifs is 1. The fraction of sp³-hybridized carbons (Fsp3) is 0.529. The average molecular weight is 258 g/mol. The minimum atomic E-state index is 0.606. The van der Waals surface area contributed by atoms with Crippen molar-refractivity contribution in [3.05, 3.63) is 35.5 Å². The monoisotopic (exact) mass is 258 g/mol. The van der Waals surface area contributed by atoms with Gasteiger partial charge in [0.2, 0.25) is 0 Å². The van der Waals surface area contributed by atoms with Gasteiger partial charge in [-0.1, -0.05) is 32.0 Å². The highest BCUT2D eigenvalue weighted by Gasteiger charge is 2.22. The van der Waals surface area contributed by atoms with E-state index in [2.05, 4.69) is 56.7 Å². The van der Waals surface area contributed by atoms with Crippen LogP contribution in [0, 0.1) is 12.8 Å². The summed E-state index contributed by atoms with van der Waals surface area (Å²) in [7, 11) is 2.17. The molecular formula is C17H26N2. The summed E-state index contributed by atoms with van der Waals surface area (Å²) in [6.07, 6.45) is 2.29. The zero-order valence-electron chi connectivity index (χ0n) is 12.6. The fourth-order valence-electron chi connectivity index (χ4n) is 3.17. The third-order valence-corrected chi connectivity index (χ3v) is 4.34. The lowest BCUT2D eigenvalue weighted by Gasteiger charge is -2.22. The summed E-state index contributed by atoms with van der Waals surface area (Å²) < 4.78 is 2.32. The Morgan fingerprint density at radius 1 is 1.21 bits per heavy atom. The van der Waals surface area contributed by atoms with Gasteiger partial charge in [-0.2, -0.15) is 0 Å². The fourth-order valence-corrected chi connectivity index (χ4v) is 3.17. The first-order valence-electron chi connectivity index (χ1n) is 7.31. The molecule has 1 unspecified atom stereocenters. The van der Waals surface area contributed by atoms with Crippen LogP contribution in [0.3, 0.4) is 0 Å². The van der Waals surface area contributed by atoms with Gasteiger partial charge in [-0.25, -0.2) is 0 Å². The number of nitrogens with two attached hydrogens (primary N) is 1. The van der Waals surface area contributed by atoms with Crippen molar-refractivity contribution in [1.82, 2.24) is 4.57 Å². The second kappa shape index (κ2) is 5.79. The van der Waals surface area contributed by atoms with E-state index in [0.29, 0.717) is 11.8 Å². The lowest BCUT2D eigenvalue weighted by atomic mass is 9.83. The molecule has 0 bridgehead atoms. The Kier molecular flexibility index (Phi) is 4.31. The molecule has 1 heterocycles. The van der Waals surface area contributed by atoms with Crippen molar-refractivity contribution in [1.29, 1.82) is 0 Å². The van der Waals surface area contributed by atoms with Crippen molar-refractivity contribution in [3.63, 3.8) is 0 Å². The molecule has 0 aliphatic rings. The Morgan fingerprint density at radius 2 is 1.89 bits per heavy atom. The van der Waals surface area contributed by atoms with E-state index >= 15 is 0 Å². The van der Waals surface area contributed by atoms with Crippen LogP contribution in [0.2, 0.25) is 0 Å². The summed E-state index contributed by atoms with van der Waals surface area (Å²) in [5.41, 5.74) is 9.98. The lowest BCUT2D eigenvalue weighted by molar-refractivity contribution is 0.457. The normalized spacial score (nSPS) is 13.4. The van der Waals surface area contributed by atoms with E-state index in [4.69, 9.17) is 5.73 Å². The third kappa shape index (κ3) is 2.55. The first-order valence-corrected chi connectivity index (χ1v) is 7.31. The van der Waals surface area contributed by atoms with Gasteiger partial charge in [0.1, 0.15) is 0 Å². The molecule has 2 N–H and O–H groups in total. The SMILES string of the molecule is Cc1c(C(CCCN)C(C)C)c2ccccc2n1C. The maximum Gasteiger partial charge on any atom is 0.0482 e. The van der Waals surface area contributed by atoms with Crippen molar-refractivity contribution >= 4 is 10.9 Å². The van der Waals surface area contributed by atoms with Gasteiger partial charge < -0.3 is 10.3 Å². The first-order chi connectivity index (χ1) is 9.07. The molecule has 1 atom stereocenters. The van der Waals surface area contributed by atoms with Crippen LogP contribution < -0.4 is 5.73 Å².